The Morgan fingerprint density at radius 1 is 1.40 bits per heavy atom. The lowest BCUT2D eigenvalue weighted by molar-refractivity contribution is -0.116. The SMILES string of the molecule is CC(=O)CCNCCc1cccc(F)c1. The Hall–Kier alpha value is -1.22. The summed E-state index contributed by atoms with van der Waals surface area (Å²) in [5, 5.41) is 3.14. The maximum atomic E-state index is 12.8. The van der Waals surface area contributed by atoms with Crippen molar-refractivity contribution in [1.82, 2.24) is 5.32 Å². The minimum atomic E-state index is -0.198. The first kappa shape index (κ1) is 11.9. The molecule has 0 fully saturated rings. The van der Waals surface area contributed by atoms with E-state index in [0.717, 1.165) is 18.5 Å². The molecule has 82 valence electrons. The molecule has 0 aliphatic carbocycles. The molecule has 0 aromatic heterocycles. The number of carbonyl (C=O) groups excluding carboxylic acids is 1. The average Bonchev–Trinajstić information content (AvgIpc) is 2.17. The van der Waals surface area contributed by atoms with Crippen molar-refractivity contribution < 1.29 is 9.18 Å². The van der Waals surface area contributed by atoms with Crippen LogP contribution in [-0.4, -0.2) is 18.9 Å². The van der Waals surface area contributed by atoms with E-state index in [-0.39, 0.29) is 11.6 Å². The molecule has 1 aromatic rings. The van der Waals surface area contributed by atoms with Gasteiger partial charge in [-0.2, -0.15) is 0 Å². The molecule has 0 spiro atoms. The van der Waals surface area contributed by atoms with Gasteiger partial charge in [-0.3, -0.25) is 4.79 Å². The van der Waals surface area contributed by atoms with Crippen LogP contribution in [0.5, 0.6) is 0 Å². The lowest BCUT2D eigenvalue weighted by atomic mass is 10.1. The van der Waals surface area contributed by atoms with E-state index >= 15 is 0 Å². The highest BCUT2D eigenvalue weighted by atomic mass is 19.1. The highest BCUT2D eigenvalue weighted by Crippen LogP contribution is 2.03. The molecule has 1 rings (SSSR count). The summed E-state index contributed by atoms with van der Waals surface area (Å²) in [6.45, 7) is 3.05. The number of ketones is 1. The summed E-state index contributed by atoms with van der Waals surface area (Å²) in [6, 6.07) is 6.58. The van der Waals surface area contributed by atoms with Gasteiger partial charge in [0.25, 0.3) is 0 Å². The number of nitrogens with one attached hydrogen (secondary N) is 1. The monoisotopic (exact) mass is 209 g/mol. The third-order valence-electron chi connectivity index (χ3n) is 2.13. The van der Waals surface area contributed by atoms with Gasteiger partial charge < -0.3 is 5.32 Å². The van der Waals surface area contributed by atoms with E-state index in [1.54, 1.807) is 13.0 Å². The van der Waals surface area contributed by atoms with E-state index in [9.17, 15) is 9.18 Å². The first-order valence-corrected chi connectivity index (χ1v) is 5.13. The van der Waals surface area contributed by atoms with Crippen LogP contribution in [0.4, 0.5) is 4.39 Å². The quantitative estimate of drug-likeness (QED) is 0.725. The third kappa shape index (κ3) is 5.27. The molecular weight excluding hydrogens is 193 g/mol. The molecule has 0 heterocycles. The normalized spacial score (nSPS) is 10.3. The van der Waals surface area contributed by atoms with Gasteiger partial charge in [-0.1, -0.05) is 12.1 Å². The Labute approximate surface area is 89.5 Å². The molecule has 0 radical (unpaired) electrons. The largest absolute Gasteiger partial charge is 0.316 e. The van der Waals surface area contributed by atoms with Gasteiger partial charge in [0.1, 0.15) is 11.6 Å². The van der Waals surface area contributed by atoms with Crippen LogP contribution in [0.1, 0.15) is 18.9 Å². The third-order valence-corrected chi connectivity index (χ3v) is 2.13. The zero-order valence-corrected chi connectivity index (χ0v) is 8.92. The zero-order chi connectivity index (χ0) is 11.1. The van der Waals surface area contributed by atoms with E-state index in [1.165, 1.54) is 12.1 Å². The van der Waals surface area contributed by atoms with Crippen molar-refractivity contribution in [3.05, 3.63) is 35.6 Å². The van der Waals surface area contributed by atoms with Crippen molar-refractivity contribution >= 4 is 5.78 Å². The standard InChI is InChI=1S/C12H16FNO/c1-10(15)5-7-14-8-6-11-3-2-4-12(13)9-11/h2-4,9,14H,5-8H2,1H3. The molecular formula is C12H16FNO. The van der Waals surface area contributed by atoms with Gasteiger partial charge in [0.05, 0.1) is 0 Å². The molecule has 3 heteroatoms. The minimum absolute atomic E-state index is 0.188. The minimum Gasteiger partial charge on any atom is -0.316 e. The van der Waals surface area contributed by atoms with Gasteiger partial charge >= 0.3 is 0 Å². The van der Waals surface area contributed by atoms with Gasteiger partial charge in [-0.25, -0.2) is 4.39 Å². The predicted molar refractivity (Wildman–Crippen MR) is 58.3 cm³/mol. The first-order chi connectivity index (χ1) is 7.18. The summed E-state index contributed by atoms with van der Waals surface area (Å²) in [5.41, 5.74) is 0.977. The fourth-order valence-corrected chi connectivity index (χ4v) is 1.31. The lowest BCUT2D eigenvalue weighted by Crippen LogP contribution is -2.20. The van der Waals surface area contributed by atoms with Gasteiger partial charge in [0.15, 0.2) is 0 Å². The molecule has 0 atom stereocenters. The van der Waals surface area contributed by atoms with Crippen molar-refractivity contribution in [2.75, 3.05) is 13.1 Å². The summed E-state index contributed by atoms with van der Waals surface area (Å²) < 4.78 is 12.8. The summed E-state index contributed by atoms with van der Waals surface area (Å²) in [4.78, 5) is 10.6. The topological polar surface area (TPSA) is 29.1 Å². The Morgan fingerprint density at radius 2 is 2.20 bits per heavy atom. The number of rotatable bonds is 6. The second kappa shape index (κ2) is 6.30. The Bertz CT molecular complexity index is 325. The predicted octanol–water partition coefficient (Wildman–Crippen LogP) is 1.94. The number of benzene rings is 1. The van der Waals surface area contributed by atoms with Crippen molar-refractivity contribution in [2.24, 2.45) is 0 Å². The molecule has 0 saturated carbocycles. The fraction of sp³-hybridized carbons (Fsp3) is 0.417. The molecule has 0 saturated heterocycles. The van der Waals surface area contributed by atoms with Crippen molar-refractivity contribution in [1.29, 1.82) is 0 Å². The number of carbonyl (C=O) groups is 1. The summed E-state index contributed by atoms with van der Waals surface area (Å²) in [7, 11) is 0. The van der Waals surface area contributed by atoms with Crippen molar-refractivity contribution in [2.45, 2.75) is 19.8 Å². The van der Waals surface area contributed by atoms with Crippen LogP contribution >= 0.6 is 0 Å². The summed E-state index contributed by atoms with van der Waals surface area (Å²) in [6.07, 6.45) is 1.35. The Morgan fingerprint density at radius 3 is 2.87 bits per heavy atom. The molecule has 0 aliphatic rings. The number of Topliss-reactive ketones (excluding diaryl/α,β-unsaturated/α-hetero) is 1. The smallest absolute Gasteiger partial charge is 0.131 e. The van der Waals surface area contributed by atoms with Crippen LogP contribution < -0.4 is 5.32 Å². The molecule has 0 unspecified atom stereocenters. The van der Waals surface area contributed by atoms with Gasteiger partial charge in [-0.15, -0.1) is 0 Å². The van der Waals surface area contributed by atoms with Gasteiger partial charge in [-0.05, 0) is 37.6 Å². The highest BCUT2D eigenvalue weighted by molar-refractivity contribution is 5.75. The number of halogens is 1. The fourth-order valence-electron chi connectivity index (χ4n) is 1.31. The molecule has 1 aromatic carbocycles. The van der Waals surface area contributed by atoms with E-state index in [0.29, 0.717) is 13.0 Å². The van der Waals surface area contributed by atoms with Crippen LogP contribution in [-0.2, 0) is 11.2 Å². The van der Waals surface area contributed by atoms with E-state index in [1.807, 2.05) is 6.07 Å². The lowest BCUT2D eigenvalue weighted by Gasteiger charge is -2.03. The van der Waals surface area contributed by atoms with Crippen LogP contribution in [0.2, 0.25) is 0 Å². The molecule has 2 nitrogen and oxygen atoms in total. The van der Waals surface area contributed by atoms with E-state index in [4.69, 9.17) is 0 Å². The van der Waals surface area contributed by atoms with Crippen LogP contribution in [0.3, 0.4) is 0 Å². The number of hydrogen-bond donors (Lipinski definition) is 1. The number of hydrogen-bond acceptors (Lipinski definition) is 2. The molecule has 1 N–H and O–H groups in total. The maximum Gasteiger partial charge on any atom is 0.131 e. The van der Waals surface area contributed by atoms with Crippen molar-refractivity contribution in [3.63, 3.8) is 0 Å². The van der Waals surface area contributed by atoms with Crippen LogP contribution in [0.15, 0.2) is 24.3 Å². The average molecular weight is 209 g/mol. The zero-order valence-electron chi connectivity index (χ0n) is 8.92. The van der Waals surface area contributed by atoms with E-state index < -0.39 is 0 Å². The summed E-state index contributed by atoms with van der Waals surface area (Å²) in [5.74, 6) is -0.00973. The Kier molecular flexibility index (Phi) is 4.98. The molecule has 15 heavy (non-hydrogen) atoms. The molecule has 0 amide bonds. The summed E-state index contributed by atoms with van der Waals surface area (Å²) >= 11 is 0. The van der Waals surface area contributed by atoms with Gasteiger partial charge in [0.2, 0.25) is 0 Å². The first-order valence-electron chi connectivity index (χ1n) is 5.13. The van der Waals surface area contributed by atoms with Crippen molar-refractivity contribution in [3.8, 4) is 0 Å². The molecule has 0 bridgehead atoms. The second-order valence-electron chi connectivity index (χ2n) is 3.58. The second-order valence-corrected chi connectivity index (χ2v) is 3.58. The van der Waals surface area contributed by atoms with Gasteiger partial charge in [0, 0.05) is 13.0 Å². The Balaban J connectivity index is 2.17. The maximum absolute atomic E-state index is 12.8. The van der Waals surface area contributed by atoms with Crippen LogP contribution in [0, 0.1) is 5.82 Å². The highest BCUT2D eigenvalue weighted by Gasteiger charge is 1.96. The van der Waals surface area contributed by atoms with E-state index in [2.05, 4.69) is 5.32 Å². The molecule has 0 aliphatic heterocycles. The van der Waals surface area contributed by atoms with Crippen LogP contribution in [0.25, 0.3) is 0 Å².